The number of hydrogen-bond donors (Lipinski definition) is 1. The van der Waals surface area contributed by atoms with Crippen molar-refractivity contribution in [1.82, 2.24) is 0 Å². The van der Waals surface area contributed by atoms with Crippen LogP contribution in [0.15, 0.2) is 0 Å². The van der Waals surface area contributed by atoms with E-state index in [1.807, 2.05) is 6.92 Å². The molecule has 1 fully saturated rings. The Morgan fingerprint density at radius 2 is 2.25 bits per heavy atom. The van der Waals surface area contributed by atoms with Gasteiger partial charge in [-0.15, -0.1) is 12.4 Å². The molecule has 1 heterocycles. The Balaban J connectivity index is 0.000000490. The van der Waals surface area contributed by atoms with Gasteiger partial charge in [-0.25, -0.2) is 0 Å². The summed E-state index contributed by atoms with van der Waals surface area (Å²) in [6.07, 6.45) is 1.43. The largest absolute Gasteiger partial charge is 0.377 e. The van der Waals surface area contributed by atoms with Crippen LogP contribution in [0.3, 0.4) is 0 Å². The molecular formula is C5H12ClNO. The minimum Gasteiger partial charge on any atom is -0.377 e. The maximum Gasteiger partial charge on any atom is 0.0622 e. The van der Waals surface area contributed by atoms with E-state index in [1.165, 1.54) is 0 Å². The van der Waals surface area contributed by atoms with Crippen LogP contribution in [-0.4, -0.2) is 18.8 Å². The zero-order valence-electron chi connectivity index (χ0n) is 4.96. The van der Waals surface area contributed by atoms with E-state index < -0.39 is 0 Å². The predicted molar refractivity (Wildman–Crippen MR) is 35.3 cm³/mol. The van der Waals surface area contributed by atoms with Crippen molar-refractivity contribution < 1.29 is 4.74 Å². The number of nitrogens with two attached hydrogens (primary N) is 1. The molecule has 8 heavy (non-hydrogen) atoms. The highest BCUT2D eigenvalue weighted by molar-refractivity contribution is 5.85. The molecule has 2 atom stereocenters. The summed E-state index contributed by atoms with van der Waals surface area (Å²) in [5, 5.41) is 0. The van der Waals surface area contributed by atoms with Gasteiger partial charge in [-0.3, -0.25) is 0 Å². The lowest BCUT2D eigenvalue weighted by Crippen LogP contribution is -2.18. The summed E-state index contributed by atoms with van der Waals surface area (Å²) in [6.45, 7) is 2.80. The first-order valence-corrected chi connectivity index (χ1v) is 2.66. The van der Waals surface area contributed by atoms with Crippen LogP contribution in [0.4, 0.5) is 0 Å². The highest BCUT2D eigenvalue weighted by Crippen LogP contribution is 2.08. The molecule has 0 aromatic carbocycles. The molecule has 2 unspecified atom stereocenters. The second-order valence-corrected chi connectivity index (χ2v) is 2.14. The standard InChI is InChI=1S/C5H11NO.ClH/c1-4-2-5(6)3-7-4;/h4-5H,2-3,6H2,1H3;1H. The summed E-state index contributed by atoms with van der Waals surface area (Å²) in [7, 11) is 0. The van der Waals surface area contributed by atoms with E-state index in [9.17, 15) is 0 Å². The minimum atomic E-state index is 0. The van der Waals surface area contributed by atoms with Gasteiger partial charge in [0.2, 0.25) is 0 Å². The highest BCUT2D eigenvalue weighted by atomic mass is 35.5. The lowest BCUT2D eigenvalue weighted by Gasteiger charge is -1.94. The van der Waals surface area contributed by atoms with Crippen LogP contribution in [-0.2, 0) is 4.74 Å². The molecule has 1 rings (SSSR count). The number of ether oxygens (including phenoxy) is 1. The van der Waals surface area contributed by atoms with Gasteiger partial charge in [0, 0.05) is 6.04 Å². The molecule has 1 aliphatic rings. The minimum absolute atomic E-state index is 0. The van der Waals surface area contributed by atoms with E-state index in [1.54, 1.807) is 0 Å². The van der Waals surface area contributed by atoms with Crippen LogP contribution < -0.4 is 5.73 Å². The van der Waals surface area contributed by atoms with Gasteiger partial charge in [0.1, 0.15) is 0 Å². The zero-order chi connectivity index (χ0) is 5.28. The maximum atomic E-state index is 5.50. The summed E-state index contributed by atoms with van der Waals surface area (Å²) in [6, 6.07) is 0.301. The lowest BCUT2D eigenvalue weighted by atomic mass is 10.2. The van der Waals surface area contributed by atoms with Crippen LogP contribution in [0.1, 0.15) is 13.3 Å². The van der Waals surface area contributed by atoms with Gasteiger partial charge in [-0.05, 0) is 13.3 Å². The van der Waals surface area contributed by atoms with Crippen molar-refractivity contribution >= 4 is 12.4 Å². The maximum absolute atomic E-state index is 5.50. The zero-order valence-corrected chi connectivity index (χ0v) is 5.78. The first-order valence-electron chi connectivity index (χ1n) is 2.66. The molecule has 0 saturated carbocycles. The Kier molecular flexibility index (Phi) is 3.36. The third kappa shape index (κ3) is 1.99. The molecule has 0 spiro atoms. The monoisotopic (exact) mass is 137 g/mol. The Labute approximate surface area is 55.8 Å². The Morgan fingerprint density at radius 3 is 2.38 bits per heavy atom. The molecule has 0 bridgehead atoms. The van der Waals surface area contributed by atoms with E-state index in [0.29, 0.717) is 12.1 Å². The fourth-order valence-electron chi connectivity index (χ4n) is 0.850. The average molecular weight is 138 g/mol. The first-order chi connectivity index (χ1) is 3.29. The van der Waals surface area contributed by atoms with Crippen LogP contribution in [0.2, 0.25) is 0 Å². The second kappa shape index (κ2) is 3.28. The van der Waals surface area contributed by atoms with E-state index in [0.717, 1.165) is 13.0 Å². The number of rotatable bonds is 0. The number of halogens is 1. The SMILES string of the molecule is CC1CC(N)CO1.Cl. The van der Waals surface area contributed by atoms with Gasteiger partial charge in [0.05, 0.1) is 12.7 Å². The smallest absolute Gasteiger partial charge is 0.0622 e. The molecule has 0 aromatic heterocycles. The molecule has 1 aliphatic heterocycles. The van der Waals surface area contributed by atoms with Crippen LogP contribution in [0, 0.1) is 0 Å². The van der Waals surface area contributed by atoms with E-state index in [-0.39, 0.29) is 12.4 Å². The molecule has 50 valence electrons. The van der Waals surface area contributed by atoms with Crippen molar-refractivity contribution in [3.8, 4) is 0 Å². The van der Waals surface area contributed by atoms with E-state index in [2.05, 4.69) is 0 Å². The Bertz CT molecular complexity index is 61.4. The van der Waals surface area contributed by atoms with Crippen LogP contribution >= 0.6 is 12.4 Å². The predicted octanol–water partition coefficient (Wildman–Crippen LogP) is 0.544. The summed E-state index contributed by atoms with van der Waals surface area (Å²) in [5.41, 5.74) is 5.50. The van der Waals surface area contributed by atoms with Crippen molar-refractivity contribution in [1.29, 1.82) is 0 Å². The molecule has 2 N–H and O–H groups in total. The van der Waals surface area contributed by atoms with Gasteiger partial charge in [-0.2, -0.15) is 0 Å². The molecule has 1 saturated heterocycles. The topological polar surface area (TPSA) is 35.2 Å². The van der Waals surface area contributed by atoms with Gasteiger partial charge in [0.15, 0.2) is 0 Å². The fourth-order valence-corrected chi connectivity index (χ4v) is 0.850. The molecule has 0 amide bonds. The van der Waals surface area contributed by atoms with E-state index in [4.69, 9.17) is 10.5 Å². The lowest BCUT2D eigenvalue weighted by molar-refractivity contribution is 0.124. The summed E-state index contributed by atoms with van der Waals surface area (Å²) in [4.78, 5) is 0. The summed E-state index contributed by atoms with van der Waals surface area (Å²) >= 11 is 0. The average Bonchev–Trinajstić information content (AvgIpc) is 1.87. The van der Waals surface area contributed by atoms with Crippen molar-refractivity contribution in [2.45, 2.75) is 25.5 Å². The van der Waals surface area contributed by atoms with Gasteiger partial charge in [-0.1, -0.05) is 0 Å². The van der Waals surface area contributed by atoms with Gasteiger partial charge in [0.25, 0.3) is 0 Å². The molecule has 3 heteroatoms. The van der Waals surface area contributed by atoms with Gasteiger partial charge >= 0.3 is 0 Å². The molecule has 0 radical (unpaired) electrons. The van der Waals surface area contributed by atoms with Crippen LogP contribution in [0.5, 0.6) is 0 Å². The Morgan fingerprint density at radius 1 is 1.62 bits per heavy atom. The quantitative estimate of drug-likeness (QED) is 0.529. The van der Waals surface area contributed by atoms with E-state index >= 15 is 0 Å². The van der Waals surface area contributed by atoms with Crippen molar-refractivity contribution in [3.63, 3.8) is 0 Å². The summed E-state index contributed by atoms with van der Waals surface area (Å²) < 4.78 is 5.14. The highest BCUT2D eigenvalue weighted by Gasteiger charge is 2.16. The summed E-state index contributed by atoms with van der Waals surface area (Å²) in [5.74, 6) is 0. The van der Waals surface area contributed by atoms with Crippen molar-refractivity contribution in [2.24, 2.45) is 5.73 Å². The Hall–Kier alpha value is 0.210. The molecule has 2 nitrogen and oxygen atoms in total. The first kappa shape index (κ1) is 8.21. The fraction of sp³-hybridized carbons (Fsp3) is 1.00. The molecule has 0 aliphatic carbocycles. The third-order valence-electron chi connectivity index (χ3n) is 1.23. The van der Waals surface area contributed by atoms with Gasteiger partial charge < -0.3 is 10.5 Å². The molecule has 0 aromatic rings. The number of hydrogen-bond acceptors (Lipinski definition) is 2. The normalized spacial score (nSPS) is 36.8. The van der Waals surface area contributed by atoms with Crippen molar-refractivity contribution in [2.75, 3.05) is 6.61 Å². The third-order valence-corrected chi connectivity index (χ3v) is 1.23. The van der Waals surface area contributed by atoms with Crippen molar-refractivity contribution in [3.05, 3.63) is 0 Å². The van der Waals surface area contributed by atoms with Crippen LogP contribution in [0.25, 0.3) is 0 Å². The molecular weight excluding hydrogens is 126 g/mol. The second-order valence-electron chi connectivity index (χ2n) is 2.14.